The fourth-order valence-corrected chi connectivity index (χ4v) is 6.25. The third-order valence-corrected chi connectivity index (χ3v) is 8.57. The van der Waals surface area contributed by atoms with E-state index in [-0.39, 0.29) is 0 Å². The molecule has 0 heteroatoms. The summed E-state index contributed by atoms with van der Waals surface area (Å²) in [6, 6.07) is 0. The second-order valence-corrected chi connectivity index (χ2v) is 10.7. The first kappa shape index (κ1) is 29.0. The number of fused-ring (bicyclic) bond motifs is 1. The third-order valence-electron chi connectivity index (χ3n) is 8.57. The standard InChI is InChI=1S/C28H44.2C2H6/c1-20(2)21(3)13-14-23(5)26-17-18-27-25(12-9-19-28(26,27)6)16-15-24-11-8-7-10-22(24)4;2*1-2/h13-16,20-21,23,26-27H,4,7-12,17-19H2,1-3,5-6H3;2*1-2H3/b14-13+,24-15-,25-16+;;/t21-,23+,26?,27?,28?;;/m0../s1. The molecule has 0 radical (unpaired) electrons. The Kier molecular flexibility index (Phi) is 12.9. The van der Waals surface area contributed by atoms with Gasteiger partial charge in [0, 0.05) is 0 Å². The summed E-state index contributed by atoms with van der Waals surface area (Å²) in [6.07, 6.45) is 22.0. The molecule has 0 heterocycles. The number of hydrogen-bond donors (Lipinski definition) is 0. The van der Waals surface area contributed by atoms with Gasteiger partial charge in [0.1, 0.15) is 0 Å². The highest BCUT2D eigenvalue weighted by molar-refractivity contribution is 5.35. The average Bonchev–Trinajstić information content (AvgIpc) is 3.17. The minimum Gasteiger partial charge on any atom is -0.0956 e. The van der Waals surface area contributed by atoms with E-state index in [1.165, 1.54) is 68.9 Å². The quantitative estimate of drug-likeness (QED) is 0.373. The minimum atomic E-state index is 0.497. The Hall–Kier alpha value is -1.04. The zero-order chi connectivity index (χ0) is 24.3. The summed E-state index contributed by atoms with van der Waals surface area (Å²) in [5.41, 5.74) is 5.16. The Balaban J connectivity index is 0.00000121. The lowest BCUT2D eigenvalue weighted by molar-refractivity contribution is 0.112. The lowest BCUT2D eigenvalue weighted by Gasteiger charge is -2.44. The van der Waals surface area contributed by atoms with Gasteiger partial charge in [-0.3, -0.25) is 0 Å². The van der Waals surface area contributed by atoms with Gasteiger partial charge in [0.15, 0.2) is 0 Å². The lowest BCUT2D eigenvalue weighted by Crippen LogP contribution is -2.35. The van der Waals surface area contributed by atoms with Crippen molar-refractivity contribution in [1.29, 1.82) is 0 Å². The number of allylic oxidation sites excluding steroid dienone is 7. The highest BCUT2D eigenvalue weighted by Gasteiger charge is 2.50. The van der Waals surface area contributed by atoms with Crippen molar-refractivity contribution in [3.05, 3.63) is 47.6 Å². The predicted molar refractivity (Wildman–Crippen MR) is 147 cm³/mol. The molecule has 0 nitrogen and oxygen atoms in total. The zero-order valence-electron chi connectivity index (χ0n) is 23.3. The van der Waals surface area contributed by atoms with Gasteiger partial charge in [-0.05, 0) is 98.4 Å². The van der Waals surface area contributed by atoms with Gasteiger partial charge in [-0.15, -0.1) is 0 Å². The summed E-state index contributed by atoms with van der Waals surface area (Å²) in [5.74, 6) is 3.77. The molecular formula is C32H56. The molecule has 0 aliphatic heterocycles. The number of hydrogen-bond acceptors (Lipinski definition) is 0. The molecule has 3 rings (SSSR count). The van der Waals surface area contributed by atoms with E-state index >= 15 is 0 Å². The third kappa shape index (κ3) is 7.23. The second-order valence-electron chi connectivity index (χ2n) is 10.7. The van der Waals surface area contributed by atoms with Gasteiger partial charge < -0.3 is 0 Å². The normalized spacial score (nSPS) is 32.2. The number of rotatable bonds is 5. The van der Waals surface area contributed by atoms with Gasteiger partial charge >= 0.3 is 0 Å². The van der Waals surface area contributed by atoms with Crippen LogP contribution in [0.2, 0.25) is 0 Å². The topological polar surface area (TPSA) is 0 Å². The van der Waals surface area contributed by atoms with E-state index in [0.717, 1.165) is 17.8 Å². The van der Waals surface area contributed by atoms with Gasteiger partial charge in [-0.2, -0.15) is 0 Å². The summed E-state index contributed by atoms with van der Waals surface area (Å²) in [4.78, 5) is 0. The Morgan fingerprint density at radius 2 is 1.50 bits per heavy atom. The highest BCUT2D eigenvalue weighted by Crippen LogP contribution is 2.59. The van der Waals surface area contributed by atoms with Crippen molar-refractivity contribution in [3.63, 3.8) is 0 Å². The fourth-order valence-electron chi connectivity index (χ4n) is 6.25. The van der Waals surface area contributed by atoms with E-state index in [2.05, 4.69) is 65.5 Å². The highest BCUT2D eigenvalue weighted by atomic mass is 14.5. The Morgan fingerprint density at radius 1 is 0.844 bits per heavy atom. The summed E-state index contributed by atoms with van der Waals surface area (Å²) in [7, 11) is 0. The molecule has 0 aromatic carbocycles. The largest absolute Gasteiger partial charge is 0.0956 e. The Labute approximate surface area is 202 Å². The van der Waals surface area contributed by atoms with Crippen LogP contribution in [0.5, 0.6) is 0 Å². The molecule has 3 aliphatic rings. The molecule has 5 atom stereocenters. The molecule has 184 valence electrons. The van der Waals surface area contributed by atoms with E-state index in [1.54, 1.807) is 5.57 Å². The van der Waals surface area contributed by atoms with Crippen LogP contribution >= 0.6 is 0 Å². The van der Waals surface area contributed by atoms with Crippen molar-refractivity contribution < 1.29 is 0 Å². The molecule has 0 amide bonds. The van der Waals surface area contributed by atoms with Crippen LogP contribution in [-0.2, 0) is 0 Å². The molecule has 3 saturated carbocycles. The first-order valence-corrected chi connectivity index (χ1v) is 14.1. The fraction of sp³-hybridized carbons (Fsp3) is 0.750. The summed E-state index contributed by atoms with van der Waals surface area (Å²) >= 11 is 0. The molecule has 32 heavy (non-hydrogen) atoms. The van der Waals surface area contributed by atoms with E-state index in [9.17, 15) is 0 Å². The summed E-state index contributed by atoms with van der Waals surface area (Å²) < 4.78 is 0. The van der Waals surface area contributed by atoms with Crippen LogP contribution in [0, 0.1) is 35.0 Å². The molecule has 3 fully saturated rings. The maximum Gasteiger partial charge on any atom is -0.0143 e. The van der Waals surface area contributed by atoms with E-state index in [0.29, 0.717) is 17.3 Å². The van der Waals surface area contributed by atoms with Crippen LogP contribution in [0.4, 0.5) is 0 Å². The lowest BCUT2D eigenvalue weighted by atomic mass is 9.61. The maximum absolute atomic E-state index is 4.32. The van der Waals surface area contributed by atoms with Gasteiger partial charge in [-0.1, -0.05) is 104 Å². The monoisotopic (exact) mass is 440 g/mol. The molecule has 0 N–H and O–H groups in total. The first-order chi connectivity index (χ1) is 15.3. The zero-order valence-corrected chi connectivity index (χ0v) is 23.3. The van der Waals surface area contributed by atoms with Crippen LogP contribution in [0.1, 0.15) is 120 Å². The van der Waals surface area contributed by atoms with Crippen LogP contribution in [0.25, 0.3) is 0 Å². The minimum absolute atomic E-state index is 0.497. The van der Waals surface area contributed by atoms with Crippen molar-refractivity contribution in [2.45, 2.75) is 120 Å². The van der Waals surface area contributed by atoms with Crippen LogP contribution in [-0.4, -0.2) is 0 Å². The first-order valence-electron chi connectivity index (χ1n) is 14.1. The Bertz CT molecular complexity index is 643. The molecule has 0 bridgehead atoms. The van der Waals surface area contributed by atoms with Gasteiger partial charge in [0.25, 0.3) is 0 Å². The van der Waals surface area contributed by atoms with Crippen LogP contribution in [0.15, 0.2) is 47.6 Å². The molecule has 0 spiro atoms. The van der Waals surface area contributed by atoms with Gasteiger partial charge in [-0.25, -0.2) is 0 Å². The molecule has 0 aromatic heterocycles. The molecule has 3 unspecified atom stereocenters. The van der Waals surface area contributed by atoms with E-state index in [4.69, 9.17) is 0 Å². The van der Waals surface area contributed by atoms with Gasteiger partial charge in [0.05, 0.1) is 0 Å². The second kappa shape index (κ2) is 14.3. The van der Waals surface area contributed by atoms with E-state index in [1.807, 2.05) is 27.7 Å². The molecule has 0 aromatic rings. The summed E-state index contributed by atoms with van der Waals surface area (Å²) in [5, 5.41) is 0. The van der Waals surface area contributed by atoms with Crippen molar-refractivity contribution in [3.8, 4) is 0 Å². The SMILES string of the molecule is C=C1CCCC/C1=C/C=C1\CCCC2(C)C1CCC2[C@H](C)/C=C/[C@H](C)C(C)C.CC.CC. The van der Waals surface area contributed by atoms with Crippen molar-refractivity contribution >= 4 is 0 Å². The van der Waals surface area contributed by atoms with Crippen molar-refractivity contribution in [2.75, 3.05) is 0 Å². The van der Waals surface area contributed by atoms with Crippen LogP contribution in [0.3, 0.4) is 0 Å². The maximum atomic E-state index is 4.32. The van der Waals surface area contributed by atoms with Crippen molar-refractivity contribution in [1.82, 2.24) is 0 Å². The smallest absolute Gasteiger partial charge is 0.0143 e. The summed E-state index contributed by atoms with van der Waals surface area (Å²) in [6.45, 7) is 24.4. The molecule has 0 saturated heterocycles. The molecular weight excluding hydrogens is 384 g/mol. The van der Waals surface area contributed by atoms with Gasteiger partial charge in [0.2, 0.25) is 0 Å². The van der Waals surface area contributed by atoms with Crippen molar-refractivity contribution in [2.24, 2.45) is 35.0 Å². The molecule has 3 aliphatic carbocycles. The average molecular weight is 441 g/mol. The van der Waals surface area contributed by atoms with E-state index < -0.39 is 0 Å². The Morgan fingerprint density at radius 3 is 2.12 bits per heavy atom. The van der Waals surface area contributed by atoms with Crippen LogP contribution < -0.4 is 0 Å². The predicted octanol–water partition coefficient (Wildman–Crippen LogP) is 10.7.